The largest absolute Gasteiger partial charge is 0.462 e. The molecule has 0 aromatic carbocycles. The molecule has 0 saturated carbocycles. The molecule has 3 N–H and O–H groups in total. The van der Waals surface area contributed by atoms with Crippen LogP contribution in [0.25, 0.3) is 0 Å². The van der Waals surface area contributed by atoms with Gasteiger partial charge in [-0.1, -0.05) is 258 Å². The number of esters is 1. The van der Waals surface area contributed by atoms with Gasteiger partial charge < -0.3 is 20.3 Å². The first-order chi connectivity index (χ1) is 30.5. The highest BCUT2D eigenvalue weighted by Gasteiger charge is 2.24. The van der Waals surface area contributed by atoms with Crippen molar-refractivity contribution in [2.24, 2.45) is 0 Å². The Labute approximate surface area is 387 Å². The number of amides is 1. The molecule has 0 spiro atoms. The van der Waals surface area contributed by atoms with Crippen LogP contribution in [-0.4, -0.2) is 46.9 Å². The Kier molecular flexibility index (Phi) is 49.5. The van der Waals surface area contributed by atoms with E-state index in [4.69, 9.17) is 4.74 Å². The van der Waals surface area contributed by atoms with Crippen LogP contribution in [0.15, 0.2) is 12.2 Å². The second-order valence-electron chi connectivity index (χ2n) is 19.3. The van der Waals surface area contributed by atoms with E-state index in [0.29, 0.717) is 19.3 Å². The fourth-order valence-electron chi connectivity index (χ4n) is 8.84. The predicted octanol–water partition coefficient (Wildman–Crippen LogP) is 16.9. The Bertz CT molecular complexity index is 939. The van der Waals surface area contributed by atoms with Crippen molar-refractivity contribution < 1.29 is 24.5 Å². The molecular formula is C56H109NO5. The van der Waals surface area contributed by atoms with Gasteiger partial charge in [0.2, 0.25) is 5.91 Å². The SMILES string of the molecule is CCCCCCCC/C=C/CCCCCCCCCC(=O)OC(CCCCCCCCCCC)CC(=O)NC(CO)C(O)CCCCCCCCCCCCCCCCCCC. The third-order valence-corrected chi connectivity index (χ3v) is 13.1. The zero-order valence-corrected chi connectivity index (χ0v) is 42.0. The molecule has 0 aliphatic rings. The average molecular weight is 876 g/mol. The maximum absolute atomic E-state index is 13.2. The standard InChI is InChI=1S/C56H109NO5/c1-4-7-10-13-16-19-21-23-25-27-29-31-33-36-39-42-45-48-54(59)53(51-58)57-55(60)50-52(47-44-41-38-35-18-15-12-9-6-3)62-56(61)49-46-43-40-37-34-32-30-28-26-24-22-20-17-14-11-8-5-2/h24,26,52-54,58-59H,4-23,25,27-51H2,1-3H3,(H,57,60)/b26-24+. The van der Waals surface area contributed by atoms with Crippen molar-refractivity contribution in [1.82, 2.24) is 5.32 Å². The third kappa shape index (κ3) is 45.2. The number of hydrogen-bond donors (Lipinski definition) is 3. The summed E-state index contributed by atoms with van der Waals surface area (Å²) in [5.41, 5.74) is 0. The fraction of sp³-hybridized carbons (Fsp3) is 0.929. The van der Waals surface area contributed by atoms with E-state index in [0.717, 1.165) is 44.9 Å². The lowest BCUT2D eigenvalue weighted by molar-refractivity contribution is -0.151. The molecule has 0 aromatic heterocycles. The molecule has 0 rings (SSSR count). The number of hydrogen-bond acceptors (Lipinski definition) is 5. The Morgan fingerprint density at radius 2 is 0.774 bits per heavy atom. The summed E-state index contributed by atoms with van der Waals surface area (Å²) in [5.74, 6) is -0.462. The van der Waals surface area contributed by atoms with Gasteiger partial charge in [-0.3, -0.25) is 9.59 Å². The maximum atomic E-state index is 13.2. The number of carbonyl (C=O) groups is 2. The molecule has 0 aliphatic heterocycles. The molecule has 0 heterocycles. The summed E-state index contributed by atoms with van der Waals surface area (Å²) in [7, 11) is 0. The van der Waals surface area contributed by atoms with Gasteiger partial charge in [-0.15, -0.1) is 0 Å². The zero-order valence-electron chi connectivity index (χ0n) is 42.0. The topological polar surface area (TPSA) is 95.9 Å². The summed E-state index contributed by atoms with van der Waals surface area (Å²) < 4.78 is 5.93. The zero-order chi connectivity index (χ0) is 45.2. The molecule has 6 heteroatoms. The molecule has 368 valence electrons. The minimum atomic E-state index is -0.782. The summed E-state index contributed by atoms with van der Waals surface area (Å²) in [6.07, 6.45) is 57.1. The monoisotopic (exact) mass is 876 g/mol. The van der Waals surface area contributed by atoms with Crippen LogP contribution in [0.2, 0.25) is 0 Å². The number of unbranched alkanes of at least 4 members (excludes halogenated alkanes) is 37. The van der Waals surface area contributed by atoms with E-state index in [2.05, 4.69) is 38.2 Å². The lowest BCUT2D eigenvalue weighted by Gasteiger charge is -2.24. The third-order valence-electron chi connectivity index (χ3n) is 13.1. The van der Waals surface area contributed by atoms with Gasteiger partial charge in [0.1, 0.15) is 6.10 Å². The Morgan fingerprint density at radius 3 is 1.15 bits per heavy atom. The predicted molar refractivity (Wildman–Crippen MR) is 269 cm³/mol. The van der Waals surface area contributed by atoms with E-state index < -0.39 is 18.2 Å². The summed E-state index contributed by atoms with van der Waals surface area (Å²) in [5, 5.41) is 23.8. The number of ether oxygens (including phenoxy) is 1. The van der Waals surface area contributed by atoms with Gasteiger partial charge in [-0.2, -0.15) is 0 Å². The van der Waals surface area contributed by atoms with Crippen molar-refractivity contribution in [2.75, 3.05) is 6.61 Å². The van der Waals surface area contributed by atoms with Gasteiger partial charge in [-0.05, 0) is 51.4 Å². The molecular weight excluding hydrogens is 767 g/mol. The lowest BCUT2D eigenvalue weighted by atomic mass is 10.0. The number of carbonyl (C=O) groups excluding carboxylic acids is 2. The number of aliphatic hydroxyl groups excluding tert-OH is 2. The molecule has 0 saturated heterocycles. The van der Waals surface area contributed by atoms with Crippen molar-refractivity contribution in [1.29, 1.82) is 0 Å². The first kappa shape index (κ1) is 60.6. The summed E-state index contributed by atoms with van der Waals surface area (Å²) in [4.78, 5) is 26.1. The quantitative estimate of drug-likeness (QED) is 0.0321. The van der Waals surface area contributed by atoms with Crippen LogP contribution in [0.5, 0.6) is 0 Å². The minimum Gasteiger partial charge on any atom is -0.462 e. The van der Waals surface area contributed by atoms with Gasteiger partial charge >= 0.3 is 5.97 Å². The second-order valence-corrected chi connectivity index (χ2v) is 19.3. The van der Waals surface area contributed by atoms with E-state index >= 15 is 0 Å². The van der Waals surface area contributed by atoms with E-state index in [9.17, 15) is 19.8 Å². The smallest absolute Gasteiger partial charge is 0.306 e. The van der Waals surface area contributed by atoms with Crippen molar-refractivity contribution in [3.05, 3.63) is 12.2 Å². The fourth-order valence-corrected chi connectivity index (χ4v) is 8.84. The number of nitrogens with one attached hydrogen (secondary N) is 1. The molecule has 0 fully saturated rings. The summed E-state index contributed by atoms with van der Waals surface area (Å²) in [6.45, 7) is 6.50. The van der Waals surface area contributed by atoms with Crippen LogP contribution in [0, 0.1) is 0 Å². The maximum Gasteiger partial charge on any atom is 0.306 e. The van der Waals surface area contributed by atoms with Crippen LogP contribution in [0.3, 0.4) is 0 Å². The molecule has 3 atom stereocenters. The molecule has 62 heavy (non-hydrogen) atoms. The van der Waals surface area contributed by atoms with Gasteiger partial charge in [0.05, 0.1) is 25.2 Å². The second kappa shape index (κ2) is 50.6. The number of allylic oxidation sites excluding steroid dienone is 2. The highest BCUT2D eigenvalue weighted by atomic mass is 16.5. The van der Waals surface area contributed by atoms with E-state index in [1.807, 2.05) is 0 Å². The molecule has 0 radical (unpaired) electrons. The van der Waals surface area contributed by atoms with Crippen molar-refractivity contribution in [2.45, 2.75) is 328 Å². The van der Waals surface area contributed by atoms with Crippen LogP contribution in [0.1, 0.15) is 310 Å². The summed E-state index contributed by atoms with van der Waals surface area (Å²) >= 11 is 0. The molecule has 0 bridgehead atoms. The number of aliphatic hydroxyl groups is 2. The molecule has 1 amide bonds. The highest BCUT2D eigenvalue weighted by molar-refractivity contribution is 5.77. The van der Waals surface area contributed by atoms with Crippen LogP contribution < -0.4 is 5.32 Å². The summed E-state index contributed by atoms with van der Waals surface area (Å²) in [6, 6.07) is -0.695. The van der Waals surface area contributed by atoms with Crippen molar-refractivity contribution in [3.8, 4) is 0 Å². The Balaban J connectivity index is 4.36. The first-order valence-corrected chi connectivity index (χ1v) is 27.9. The molecule has 0 aromatic rings. The molecule has 3 unspecified atom stereocenters. The van der Waals surface area contributed by atoms with Gasteiger partial charge in [0.15, 0.2) is 0 Å². The Morgan fingerprint density at radius 1 is 0.452 bits per heavy atom. The van der Waals surface area contributed by atoms with Crippen molar-refractivity contribution in [3.63, 3.8) is 0 Å². The van der Waals surface area contributed by atoms with Crippen molar-refractivity contribution >= 4 is 11.9 Å². The van der Waals surface area contributed by atoms with E-state index in [1.54, 1.807) is 0 Å². The van der Waals surface area contributed by atoms with Gasteiger partial charge in [0.25, 0.3) is 0 Å². The normalized spacial score (nSPS) is 13.2. The molecule has 6 nitrogen and oxygen atoms in total. The minimum absolute atomic E-state index is 0.0827. The van der Waals surface area contributed by atoms with Crippen LogP contribution in [0.4, 0.5) is 0 Å². The van der Waals surface area contributed by atoms with Gasteiger partial charge in [-0.25, -0.2) is 0 Å². The van der Waals surface area contributed by atoms with E-state index in [-0.39, 0.29) is 24.9 Å². The van der Waals surface area contributed by atoms with E-state index in [1.165, 1.54) is 218 Å². The average Bonchev–Trinajstić information content (AvgIpc) is 3.26. The van der Waals surface area contributed by atoms with Crippen LogP contribution >= 0.6 is 0 Å². The first-order valence-electron chi connectivity index (χ1n) is 27.9. The molecule has 0 aliphatic carbocycles. The number of rotatable bonds is 51. The lowest BCUT2D eigenvalue weighted by Crippen LogP contribution is -2.46. The van der Waals surface area contributed by atoms with Crippen LogP contribution in [-0.2, 0) is 14.3 Å². The highest BCUT2D eigenvalue weighted by Crippen LogP contribution is 2.19. The van der Waals surface area contributed by atoms with Gasteiger partial charge in [0, 0.05) is 6.42 Å². The Hall–Kier alpha value is -1.40.